The van der Waals surface area contributed by atoms with Crippen molar-refractivity contribution in [3.8, 4) is 0 Å². The van der Waals surface area contributed by atoms with Gasteiger partial charge in [0.1, 0.15) is 5.76 Å². The third kappa shape index (κ3) is 1.62. The highest BCUT2D eigenvalue weighted by Gasteiger charge is 2.16. The first-order chi connectivity index (χ1) is 5.65. The molecule has 0 spiro atoms. The maximum atomic E-state index is 11.2. The molecule has 0 radical (unpaired) electrons. The van der Waals surface area contributed by atoms with Crippen LogP contribution in [0.5, 0.6) is 0 Å². The van der Waals surface area contributed by atoms with E-state index in [9.17, 15) is 4.79 Å². The highest BCUT2D eigenvalue weighted by Crippen LogP contribution is 2.04. The van der Waals surface area contributed by atoms with E-state index < -0.39 is 5.91 Å². The Balaban J connectivity index is 2.78. The molecule has 66 valence electrons. The van der Waals surface area contributed by atoms with Gasteiger partial charge in [-0.15, -0.1) is 0 Å². The van der Waals surface area contributed by atoms with Gasteiger partial charge in [0.25, 0.3) is 5.89 Å². The Morgan fingerprint density at radius 1 is 1.75 bits per heavy atom. The molecule has 0 bridgehead atoms. The number of hydroxylamine groups is 2. The highest BCUT2D eigenvalue weighted by atomic mass is 16.7. The Morgan fingerprint density at radius 2 is 2.42 bits per heavy atom. The molecule has 0 unspecified atom stereocenters. The molecule has 0 N–H and O–H groups in total. The molecule has 1 rings (SSSR count). The van der Waals surface area contributed by atoms with Crippen LogP contribution in [-0.2, 0) is 4.84 Å². The maximum Gasteiger partial charge on any atom is 0.332 e. The van der Waals surface area contributed by atoms with Crippen LogP contribution in [0.3, 0.4) is 0 Å². The van der Waals surface area contributed by atoms with Crippen LogP contribution in [0.4, 0.5) is 0 Å². The van der Waals surface area contributed by atoms with E-state index in [4.69, 9.17) is 4.42 Å². The third-order valence-electron chi connectivity index (χ3n) is 1.36. The SMILES string of the molecule is CON(C)C(=O)c1ncc(C)o1. The van der Waals surface area contributed by atoms with Crippen molar-refractivity contribution in [1.82, 2.24) is 10.0 Å². The van der Waals surface area contributed by atoms with E-state index in [1.807, 2.05) is 0 Å². The van der Waals surface area contributed by atoms with Crippen molar-refractivity contribution in [3.63, 3.8) is 0 Å². The van der Waals surface area contributed by atoms with Crippen molar-refractivity contribution in [1.29, 1.82) is 0 Å². The van der Waals surface area contributed by atoms with Gasteiger partial charge in [-0.1, -0.05) is 0 Å². The van der Waals surface area contributed by atoms with E-state index in [1.165, 1.54) is 20.4 Å². The molecule has 1 aromatic rings. The normalized spacial score (nSPS) is 9.92. The van der Waals surface area contributed by atoms with E-state index in [0.29, 0.717) is 5.76 Å². The minimum atomic E-state index is -0.398. The summed E-state index contributed by atoms with van der Waals surface area (Å²) in [7, 11) is 2.88. The lowest BCUT2D eigenvalue weighted by molar-refractivity contribution is -0.0778. The first kappa shape index (κ1) is 8.73. The predicted molar refractivity (Wildman–Crippen MR) is 40.3 cm³/mol. The van der Waals surface area contributed by atoms with Gasteiger partial charge in [0, 0.05) is 7.05 Å². The summed E-state index contributed by atoms with van der Waals surface area (Å²) in [5.41, 5.74) is 0. The van der Waals surface area contributed by atoms with Crippen LogP contribution < -0.4 is 0 Å². The lowest BCUT2D eigenvalue weighted by atomic mass is 10.6. The number of rotatable bonds is 2. The fraction of sp³-hybridized carbons (Fsp3) is 0.429. The van der Waals surface area contributed by atoms with Crippen molar-refractivity contribution in [2.45, 2.75) is 6.92 Å². The molecule has 0 aromatic carbocycles. The zero-order valence-corrected chi connectivity index (χ0v) is 7.20. The summed E-state index contributed by atoms with van der Waals surface area (Å²) in [6.07, 6.45) is 1.48. The summed E-state index contributed by atoms with van der Waals surface area (Å²) in [5.74, 6) is 0.241. The lowest BCUT2D eigenvalue weighted by Gasteiger charge is -2.09. The van der Waals surface area contributed by atoms with Crippen molar-refractivity contribution in [2.75, 3.05) is 14.2 Å². The van der Waals surface area contributed by atoms with E-state index in [1.54, 1.807) is 6.92 Å². The van der Waals surface area contributed by atoms with E-state index >= 15 is 0 Å². The van der Waals surface area contributed by atoms with Gasteiger partial charge >= 0.3 is 5.91 Å². The van der Waals surface area contributed by atoms with Gasteiger partial charge in [-0.25, -0.2) is 10.0 Å². The van der Waals surface area contributed by atoms with E-state index in [0.717, 1.165) is 5.06 Å². The zero-order valence-electron chi connectivity index (χ0n) is 7.20. The van der Waals surface area contributed by atoms with Crippen LogP contribution in [0.1, 0.15) is 16.4 Å². The first-order valence-electron chi connectivity index (χ1n) is 3.39. The van der Waals surface area contributed by atoms with Crippen LogP contribution in [0.2, 0.25) is 0 Å². The Morgan fingerprint density at radius 3 is 2.83 bits per heavy atom. The van der Waals surface area contributed by atoms with E-state index in [-0.39, 0.29) is 5.89 Å². The second-order valence-corrected chi connectivity index (χ2v) is 2.26. The standard InChI is InChI=1S/C7H10N2O3/c1-5-4-8-6(12-5)7(10)9(2)11-3/h4H,1-3H3. The summed E-state index contributed by atoms with van der Waals surface area (Å²) < 4.78 is 4.99. The number of aromatic nitrogens is 1. The van der Waals surface area contributed by atoms with E-state index in [2.05, 4.69) is 9.82 Å². The number of amides is 1. The van der Waals surface area contributed by atoms with Gasteiger partial charge in [-0.2, -0.15) is 0 Å². The smallest absolute Gasteiger partial charge is 0.332 e. The molecule has 0 atom stereocenters. The molecule has 0 fully saturated rings. The van der Waals surface area contributed by atoms with Crippen LogP contribution in [0.15, 0.2) is 10.6 Å². The Kier molecular flexibility index (Phi) is 2.44. The average Bonchev–Trinajstić information content (AvgIpc) is 2.49. The molecule has 1 heterocycles. The van der Waals surface area contributed by atoms with Crippen molar-refractivity contribution in [2.24, 2.45) is 0 Å². The molecule has 12 heavy (non-hydrogen) atoms. The number of carbonyl (C=O) groups is 1. The molecule has 1 amide bonds. The van der Waals surface area contributed by atoms with Gasteiger partial charge in [0.2, 0.25) is 0 Å². The van der Waals surface area contributed by atoms with Gasteiger partial charge in [0.15, 0.2) is 0 Å². The molecule has 5 heteroatoms. The highest BCUT2D eigenvalue weighted by molar-refractivity contribution is 5.88. The Bertz CT molecular complexity index is 282. The van der Waals surface area contributed by atoms with Crippen molar-refractivity contribution >= 4 is 5.91 Å². The van der Waals surface area contributed by atoms with Gasteiger partial charge in [-0.05, 0) is 6.92 Å². The van der Waals surface area contributed by atoms with Gasteiger partial charge in [0.05, 0.1) is 13.3 Å². The zero-order chi connectivity index (χ0) is 9.14. The molecular weight excluding hydrogens is 160 g/mol. The number of oxazole rings is 1. The Hall–Kier alpha value is -1.36. The second-order valence-electron chi connectivity index (χ2n) is 2.26. The van der Waals surface area contributed by atoms with Gasteiger partial charge in [-0.3, -0.25) is 9.63 Å². The fourth-order valence-corrected chi connectivity index (χ4v) is 0.671. The maximum absolute atomic E-state index is 11.2. The van der Waals surface area contributed by atoms with Gasteiger partial charge < -0.3 is 4.42 Å². The largest absolute Gasteiger partial charge is 0.438 e. The molecule has 0 saturated carbocycles. The summed E-state index contributed by atoms with van der Waals surface area (Å²) in [5, 5.41) is 1.05. The quantitative estimate of drug-likeness (QED) is 0.610. The number of hydrogen-bond donors (Lipinski definition) is 0. The summed E-state index contributed by atoms with van der Waals surface area (Å²) in [4.78, 5) is 19.6. The van der Waals surface area contributed by atoms with Crippen LogP contribution >= 0.6 is 0 Å². The van der Waals surface area contributed by atoms with Crippen LogP contribution in [0.25, 0.3) is 0 Å². The lowest BCUT2D eigenvalue weighted by Crippen LogP contribution is -2.25. The molecule has 0 saturated heterocycles. The number of carbonyl (C=O) groups excluding carboxylic acids is 1. The number of nitrogens with zero attached hydrogens (tertiary/aromatic N) is 2. The third-order valence-corrected chi connectivity index (χ3v) is 1.36. The second kappa shape index (κ2) is 3.36. The minimum Gasteiger partial charge on any atom is -0.438 e. The Labute approximate surface area is 69.9 Å². The summed E-state index contributed by atoms with van der Waals surface area (Å²) in [6.45, 7) is 1.72. The van der Waals surface area contributed by atoms with Crippen molar-refractivity contribution < 1.29 is 14.0 Å². The van der Waals surface area contributed by atoms with Crippen molar-refractivity contribution in [3.05, 3.63) is 17.8 Å². The molecule has 1 aromatic heterocycles. The molecular formula is C7H10N2O3. The molecule has 5 nitrogen and oxygen atoms in total. The topological polar surface area (TPSA) is 55.6 Å². The monoisotopic (exact) mass is 170 g/mol. The fourth-order valence-electron chi connectivity index (χ4n) is 0.671. The molecule has 0 aliphatic heterocycles. The first-order valence-corrected chi connectivity index (χ1v) is 3.39. The number of hydrogen-bond acceptors (Lipinski definition) is 4. The summed E-state index contributed by atoms with van der Waals surface area (Å²) in [6, 6.07) is 0. The summed E-state index contributed by atoms with van der Waals surface area (Å²) >= 11 is 0. The predicted octanol–water partition coefficient (Wildman–Crippen LogP) is 0.616. The number of aryl methyl sites for hydroxylation is 1. The van der Waals surface area contributed by atoms with Crippen LogP contribution in [-0.4, -0.2) is 30.1 Å². The average molecular weight is 170 g/mol. The molecule has 0 aliphatic carbocycles. The van der Waals surface area contributed by atoms with Crippen LogP contribution in [0, 0.1) is 6.92 Å². The minimum absolute atomic E-state index is 0.0388. The molecule has 0 aliphatic rings.